The van der Waals surface area contributed by atoms with Crippen molar-refractivity contribution in [1.82, 2.24) is 29.7 Å². The van der Waals surface area contributed by atoms with Gasteiger partial charge in [0, 0.05) is 26.2 Å². The van der Waals surface area contributed by atoms with Gasteiger partial charge in [-0.05, 0) is 0 Å². The number of carbonyl (C=O) groups is 1. The van der Waals surface area contributed by atoms with E-state index in [2.05, 4.69) is 20.3 Å². The summed E-state index contributed by atoms with van der Waals surface area (Å²) in [7, 11) is 0. The Hall–Kier alpha value is -2.22. The normalized spacial score (nSPS) is 15.9. The highest BCUT2D eigenvalue weighted by molar-refractivity contribution is 5.83. The van der Waals surface area contributed by atoms with E-state index in [9.17, 15) is 4.79 Å². The van der Waals surface area contributed by atoms with E-state index < -0.39 is 0 Å². The van der Waals surface area contributed by atoms with Crippen molar-refractivity contribution in [2.75, 3.05) is 31.9 Å². The van der Waals surface area contributed by atoms with Crippen LogP contribution in [0.25, 0.3) is 11.2 Å². The van der Waals surface area contributed by atoms with Gasteiger partial charge in [-0.25, -0.2) is 15.0 Å². The van der Waals surface area contributed by atoms with Crippen LogP contribution in [0.15, 0.2) is 12.7 Å². The summed E-state index contributed by atoms with van der Waals surface area (Å²) in [5, 5.41) is 3.22. The third kappa shape index (κ3) is 2.22. The number of anilines is 1. The molecule has 3 heterocycles. The number of aromatic nitrogens is 4. The minimum Gasteiger partial charge on any atom is -0.382 e. The van der Waals surface area contributed by atoms with Crippen LogP contribution in [0.1, 0.15) is 0 Å². The number of fused-ring (bicyclic) bond motifs is 1. The van der Waals surface area contributed by atoms with E-state index in [-0.39, 0.29) is 12.5 Å². The van der Waals surface area contributed by atoms with Crippen molar-refractivity contribution < 1.29 is 4.79 Å². The molecule has 0 aromatic carbocycles. The zero-order valence-electron chi connectivity index (χ0n) is 10.4. The summed E-state index contributed by atoms with van der Waals surface area (Å²) in [4.78, 5) is 26.2. The van der Waals surface area contributed by atoms with Crippen molar-refractivity contribution in [3.8, 4) is 0 Å². The monoisotopic (exact) mass is 261 g/mol. The number of hydrogen-bond acceptors (Lipinski definition) is 6. The summed E-state index contributed by atoms with van der Waals surface area (Å²) in [6.45, 7) is 3.38. The number of amides is 1. The van der Waals surface area contributed by atoms with Crippen molar-refractivity contribution >= 4 is 22.9 Å². The van der Waals surface area contributed by atoms with Crippen LogP contribution in [-0.4, -0.2) is 56.5 Å². The summed E-state index contributed by atoms with van der Waals surface area (Å²) in [6, 6.07) is 0. The lowest BCUT2D eigenvalue weighted by molar-refractivity contribution is -0.132. The lowest BCUT2D eigenvalue weighted by atomic mass is 10.3. The van der Waals surface area contributed by atoms with E-state index in [1.165, 1.54) is 6.33 Å². The van der Waals surface area contributed by atoms with Crippen LogP contribution in [0.2, 0.25) is 0 Å². The molecule has 0 saturated carbocycles. The highest BCUT2D eigenvalue weighted by Crippen LogP contribution is 2.14. The smallest absolute Gasteiger partial charge is 0.242 e. The first-order valence-electron chi connectivity index (χ1n) is 6.15. The molecule has 1 fully saturated rings. The van der Waals surface area contributed by atoms with Gasteiger partial charge in [0.25, 0.3) is 0 Å². The number of nitrogens with one attached hydrogen (secondary N) is 1. The number of nitrogens with two attached hydrogens (primary N) is 1. The van der Waals surface area contributed by atoms with Crippen molar-refractivity contribution in [1.29, 1.82) is 0 Å². The summed E-state index contributed by atoms with van der Waals surface area (Å²) in [5.41, 5.74) is 6.84. The number of piperazine rings is 1. The standard InChI is InChI=1S/C11H15N7O/c12-10-9-11(15-6-14-10)18(7-16-9)5-8(19)17-3-1-13-2-4-17/h6-7,13H,1-5H2,(H2,12,14,15). The molecule has 0 bridgehead atoms. The van der Waals surface area contributed by atoms with Crippen molar-refractivity contribution in [3.05, 3.63) is 12.7 Å². The quantitative estimate of drug-likeness (QED) is 0.707. The Bertz CT molecular complexity index is 602. The average Bonchev–Trinajstić information content (AvgIpc) is 2.84. The maximum Gasteiger partial charge on any atom is 0.242 e. The number of imidazole rings is 1. The zero-order chi connectivity index (χ0) is 13.2. The third-order valence-electron chi connectivity index (χ3n) is 3.20. The van der Waals surface area contributed by atoms with Crippen LogP contribution in [0.4, 0.5) is 5.82 Å². The summed E-state index contributed by atoms with van der Waals surface area (Å²) >= 11 is 0. The number of hydrogen-bond donors (Lipinski definition) is 2. The molecular formula is C11H15N7O. The van der Waals surface area contributed by atoms with Crippen LogP contribution in [0.5, 0.6) is 0 Å². The molecule has 0 atom stereocenters. The van der Waals surface area contributed by atoms with Crippen LogP contribution in [-0.2, 0) is 11.3 Å². The predicted molar refractivity (Wildman–Crippen MR) is 69.2 cm³/mol. The van der Waals surface area contributed by atoms with Gasteiger partial charge in [-0.3, -0.25) is 4.79 Å². The van der Waals surface area contributed by atoms with E-state index >= 15 is 0 Å². The van der Waals surface area contributed by atoms with Crippen LogP contribution in [0.3, 0.4) is 0 Å². The molecular weight excluding hydrogens is 246 g/mol. The number of rotatable bonds is 2. The summed E-state index contributed by atoms with van der Waals surface area (Å²) < 4.78 is 1.71. The van der Waals surface area contributed by atoms with Crippen molar-refractivity contribution in [2.24, 2.45) is 0 Å². The van der Waals surface area contributed by atoms with Crippen LogP contribution < -0.4 is 11.1 Å². The maximum absolute atomic E-state index is 12.2. The Morgan fingerprint density at radius 2 is 2.11 bits per heavy atom. The van der Waals surface area contributed by atoms with E-state index in [1.54, 1.807) is 10.9 Å². The fourth-order valence-corrected chi connectivity index (χ4v) is 2.17. The molecule has 0 radical (unpaired) electrons. The molecule has 8 heteroatoms. The van der Waals surface area contributed by atoms with Gasteiger partial charge < -0.3 is 20.5 Å². The van der Waals surface area contributed by atoms with Gasteiger partial charge in [-0.1, -0.05) is 0 Å². The molecule has 1 saturated heterocycles. The molecule has 3 N–H and O–H groups in total. The topological polar surface area (TPSA) is 102 Å². The predicted octanol–water partition coefficient (Wildman–Crippen LogP) is -1.16. The van der Waals surface area contributed by atoms with Gasteiger partial charge >= 0.3 is 0 Å². The van der Waals surface area contributed by atoms with Crippen LogP contribution in [0, 0.1) is 0 Å². The molecule has 19 heavy (non-hydrogen) atoms. The van der Waals surface area contributed by atoms with Gasteiger partial charge in [-0.2, -0.15) is 0 Å². The fourth-order valence-electron chi connectivity index (χ4n) is 2.17. The van der Waals surface area contributed by atoms with Gasteiger partial charge in [0.15, 0.2) is 11.5 Å². The lowest BCUT2D eigenvalue weighted by Crippen LogP contribution is -2.47. The second-order valence-electron chi connectivity index (χ2n) is 4.43. The molecule has 1 aliphatic rings. The number of carbonyl (C=O) groups excluding carboxylic acids is 1. The summed E-state index contributed by atoms with van der Waals surface area (Å²) in [6.07, 6.45) is 2.96. The number of nitrogens with zero attached hydrogens (tertiary/aromatic N) is 5. The third-order valence-corrected chi connectivity index (χ3v) is 3.20. The van der Waals surface area contributed by atoms with E-state index in [1.807, 2.05) is 4.90 Å². The first-order valence-corrected chi connectivity index (χ1v) is 6.15. The molecule has 8 nitrogen and oxygen atoms in total. The van der Waals surface area contributed by atoms with E-state index in [0.717, 1.165) is 26.2 Å². The van der Waals surface area contributed by atoms with Crippen molar-refractivity contribution in [3.63, 3.8) is 0 Å². The highest BCUT2D eigenvalue weighted by atomic mass is 16.2. The zero-order valence-corrected chi connectivity index (χ0v) is 10.4. The average molecular weight is 261 g/mol. The van der Waals surface area contributed by atoms with E-state index in [4.69, 9.17) is 5.73 Å². The minimum atomic E-state index is 0.0676. The fraction of sp³-hybridized carbons (Fsp3) is 0.455. The molecule has 0 spiro atoms. The Labute approximate surface area is 109 Å². The maximum atomic E-state index is 12.2. The molecule has 3 rings (SSSR count). The Balaban J connectivity index is 1.81. The highest BCUT2D eigenvalue weighted by Gasteiger charge is 2.18. The minimum absolute atomic E-state index is 0.0676. The number of nitrogen functional groups attached to an aromatic ring is 1. The summed E-state index contributed by atoms with van der Waals surface area (Å²) in [5.74, 6) is 0.399. The Kier molecular flexibility index (Phi) is 3.00. The molecule has 0 aliphatic carbocycles. The molecule has 2 aromatic rings. The molecule has 1 aliphatic heterocycles. The Morgan fingerprint density at radius 3 is 2.89 bits per heavy atom. The second-order valence-corrected chi connectivity index (χ2v) is 4.43. The van der Waals surface area contributed by atoms with E-state index in [0.29, 0.717) is 17.0 Å². The van der Waals surface area contributed by atoms with Crippen LogP contribution >= 0.6 is 0 Å². The Morgan fingerprint density at radius 1 is 1.32 bits per heavy atom. The van der Waals surface area contributed by atoms with Gasteiger partial charge in [0.05, 0.1) is 6.33 Å². The SMILES string of the molecule is Nc1ncnc2c1ncn2CC(=O)N1CCNCC1. The first kappa shape index (κ1) is 11.8. The largest absolute Gasteiger partial charge is 0.382 e. The second kappa shape index (κ2) is 4.81. The van der Waals surface area contributed by atoms with Gasteiger partial charge in [0.1, 0.15) is 18.4 Å². The van der Waals surface area contributed by atoms with Crippen molar-refractivity contribution in [2.45, 2.75) is 6.54 Å². The van der Waals surface area contributed by atoms with Gasteiger partial charge in [0.2, 0.25) is 5.91 Å². The molecule has 0 unspecified atom stereocenters. The molecule has 100 valence electrons. The molecule has 2 aromatic heterocycles. The molecule has 1 amide bonds. The lowest BCUT2D eigenvalue weighted by Gasteiger charge is -2.27. The van der Waals surface area contributed by atoms with Gasteiger partial charge in [-0.15, -0.1) is 0 Å². The first-order chi connectivity index (χ1) is 9.25.